The normalized spacial score (nSPS) is 18.6. The fourth-order valence-corrected chi connectivity index (χ4v) is 2.93. The van der Waals surface area contributed by atoms with Crippen LogP contribution in [0.25, 0.3) is 0 Å². The van der Waals surface area contributed by atoms with Crippen molar-refractivity contribution in [1.82, 2.24) is 10.2 Å². The van der Waals surface area contributed by atoms with Crippen LogP contribution in [-0.4, -0.2) is 62.0 Å². The number of nitrogens with zero attached hydrogens (tertiary/aromatic N) is 1. The summed E-state index contributed by atoms with van der Waals surface area (Å²) in [7, 11) is 2.25. The van der Waals surface area contributed by atoms with Gasteiger partial charge in [-0.25, -0.2) is 0 Å². The average molecular weight is 300 g/mol. The summed E-state index contributed by atoms with van der Waals surface area (Å²) in [6, 6.07) is 0.800. The molecule has 1 atom stereocenters. The van der Waals surface area contributed by atoms with Crippen molar-refractivity contribution in [1.29, 1.82) is 0 Å². The van der Waals surface area contributed by atoms with Crippen LogP contribution in [-0.2, 0) is 4.74 Å². The van der Waals surface area contributed by atoms with Gasteiger partial charge in [-0.1, -0.05) is 33.1 Å². The van der Waals surface area contributed by atoms with Crippen LogP contribution in [0.15, 0.2) is 0 Å². The largest absolute Gasteiger partial charge is 0.389 e. The van der Waals surface area contributed by atoms with Crippen molar-refractivity contribution in [2.24, 2.45) is 5.92 Å². The predicted octanol–water partition coefficient (Wildman–Crippen LogP) is 2.26. The molecule has 1 unspecified atom stereocenters. The van der Waals surface area contributed by atoms with E-state index in [1.165, 1.54) is 32.1 Å². The Morgan fingerprint density at radius 1 is 1.19 bits per heavy atom. The molecule has 1 saturated carbocycles. The van der Waals surface area contributed by atoms with E-state index in [2.05, 4.69) is 31.1 Å². The first-order valence-electron chi connectivity index (χ1n) is 8.76. The van der Waals surface area contributed by atoms with Gasteiger partial charge in [-0.15, -0.1) is 0 Å². The summed E-state index contributed by atoms with van der Waals surface area (Å²) >= 11 is 0. The van der Waals surface area contributed by atoms with E-state index in [9.17, 15) is 5.11 Å². The summed E-state index contributed by atoms with van der Waals surface area (Å²) in [6.45, 7) is 8.15. The van der Waals surface area contributed by atoms with Gasteiger partial charge in [0.05, 0.1) is 12.7 Å². The molecule has 0 spiro atoms. The SMILES string of the molecule is CC(C)COCC(O)CNCCCN(C)C1CCCCC1. The summed E-state index contributed by atoms with van der Waals surface area (Å²) in [5.41, 5.74) is 0. The first-order chi connectivity index (χ1) is 10.1. The second-order valence-corrected chi connectivity index (χ2v) is 6.92. The van der Waals surface area contributed by atoms with Gasteiger partial charge < -0.3 is 20.1 Å². The summed E-state index contributed by atoms with van der Waals surface area (Å²) in [5, 5.41) is 13.1. The molecule has 1 fully saturated rings. The highest BCUT2D eigenvalue weighted by Crippen LogP contribution is 2.21. The van der Waals surface area contributed by atoms with Crippen molar-refractivity contribution in [3.8, 4) is 0 Å². The molecule has 1 aliphatic carbocycles. The number of hydrogen-bond acceptors (Lipinski definition) is 4. The molecule has 126 valence electrons. The molecule has 0 amide bonds. The standard InChI is InChI=1S/C17H36N2O2/c1-15(2)13-21-14-17(20)12-18-10-7-11-19(3)16-8-5-4-6-9-16/h15-18,20H,4-14H2,1-3H3. The summed E-state index contributed by atoms with van der Waals surface area (Å²) < 4.78 is 5.43. The molecule has 0 aromatic carbocycles. The Labute approximate surface area is 131 Å². The van der Waals surface area contributed by atoms with Crippen LogP contribution in [0.4, 0.5) is 0 Å². The highest BCUT2D eigenvalue weighted by Gasteiger charge is 2.17. The van der Waals surface area contributed by atoms with E-state index in [-0.39, 0.29) is 6.10 Å². The lowest BCUT2D eigenvalue weighted by molar-refractivity contribution is 0.0261. The van der Waals surface area contributed by atoms with Crippen LogP contribution in [0.5, 0.6) is 0 Å². The van der Waals surface area contributed by atoms with E-state index >= 15 is 0 Å². The van der Waals surface area contributed by atoms with Crippen molar-refractivity contribution in [2.75, 3.05) is 39.9 Å². The van der Waals surface area contributed by atoms with Crippen molar-refractivity contribution in [2.45, 2.75) is 64.5 Å². The first kappa shape index (κ1) is 18.9. The van der Waals surface area contributed by atoms with Crippen molar-refractivity contribution >= 4 is 0 Å². The van der Waals surface area contributed by atoms with E-state index in [1.54, 1.807) is 0 Å². The zero-order valence-electron chi connectivity index (χ0n) is 14.3. The molecular formula is C17H36N2O2. The first-order valence-corrected chi connectivity index (χ1v) is 8.76. The summed E-state index contributed by atoms with van der Waals surface area (Å²) in [5.74, 6) is 0.528. The Morgan fingerprint density at radius 3 is 2.57 bits per heavy atom. The minimum absolute atomic E-state index is 0.389. The van der Waals surface area contributed by atoms with Gasteiger partial charge in [0.1, 0.15) is 0 Å². The average Bonchev–Trinajstić information content (AvgIpc) is 2.47. The van der Waals surface area contributed by atoms with Crippen molar-refractivity contribution in [3.05, 3.63) is 0 Å². The molecule has 0 saturated heterocycles. The number of hydrogen-bond donors (Lipinski definition) is 2. The topological polar surface area (TPSA) is 44.7 Å². The zero-order chi connectivity index (χ0) is 15.5. The molecular weight excluding hydrogens is 264 g/mol. The smallest absolute Gasteiger partial charge is 0.0897 e. The molecule has 0 radical (unpaired) electrons. The Bertz CT molecular complexity index is 243. The molecule has 1 aliphatic rings. The van der Waals surface area contributed by atoms with Gasteiger partial charge >= 0.3 is 0 Å². The minimum atomic E-state index is -0.389. The molecule has 4 heteroatoms. The molecule has 0 aliphatic heterocycles. The lowest BCUT2D eigenvalue weighted by Gasteiger charge is -2.31. The van der Waals surface area contributed by atoms with Gasteiger partial charge in [0.15, 0.2) is 0 Å². The third-order valence-corrected chi connectivity index (χ3v) is 4.20. The van der Waals surface area contributed by atoms with E-state index in [0.29, 0.717) is 19.1 Å². The maximum Gasteiger partial charge on any atom is 0.0897 e. The Balaban J connectivity index is 1.93. The second-order valence-electron chi connectivity index (χ2n) is 6.92. The molecule has 0 bridgehead atoms. The Kier molecular flexibility index (Phi) is 10.3. The molecule has 0 aromatic heterocycles. The zero-order valence-corrected chi connectivity index (χ0v) is 14.3. The van der Waals surface area contributed by atoms with E-state index < -0.39 is 0 Å². The van der Waals surface area contributed by atoms with Gasteiger partial charge in [0.2, 0.25) is 0 Å². The van der Waals surface area contributed by atoms with Crippen LogP contribution in [0.2, 0.25) is 0 Å². The third kappa shape index (κ3) is 9.46. The second kappa shape index (κ2) is 11.4. The van der Waals surface area contributed by atoms with Crippen LogP contribution in [0.3, 0.4) is 0 Å². The molecule has 4 nitrogen and oxygen atoms in total. The maximum atomic E-state index is 9.78. The predicted molar refractivity (Wildman–Crippen MR) is 88.7 cm³/mol. The van der Waals surface area contributed by atoms with Gasteiger partial charge in [0.25, 0.3) is 0 Å². The fraction of sp³-hybridized carbons (Fsp3) is 1.00. The molecule has 21 heavy (non-hydrogen) atoms. The number of ether oxygens (including phenoxy) is 1. The quantitative estimate of drug-likeness (QED) is 0.575. The third-order valence-electron chi connectivity index (χ3n) is 4.20. The lowest BCUT2D eigenvalue weighted by Crippen LogP contribution is -2.36. The van der Waals surface area contributed by atoms with Gasteiger partial charge in [-0.05, 0) is 45.3 Å². The highest BCUT2D eigenvalue weighted by atomic mass is 16.5. The monoisotopic (exact) mass is 300 g/mol. The summed E-state index contributed by atoms with van der Waals surface area (Å²) in [4.78, 5) is 2.52. The maximum absolute atomic E-state index is 9.78. The molecule has 1 rings (SSSR count). The summed E-state index contributed by atoms with van der Waals surface area (Å²) in [6.07, 6.45) is 7.71. The highest BCUT2D eigenvalue weighted by molar-refractivity contribution is 4.73. The van der Waals surface area contributed by atoms with Gasteiger partial charge in [-0.3, -0.25) is 0 Å². The van der Waals surface area contributed by atoms with Crippen LogP contribution in [0, 0.1) is 5.92 Å². The Hall–Kier alpha value is -0.160. The lowest BCUT2D eigenvalue weighted by atomic mass is 9.94. The number of rotatable bonds is 11. The molecule has 2 N–H and O–H groups in total. The van der Waals surface area contributed by atoms with Crippen molar-refractivity contribution in [3.63, 3.8) is 0 Å². The van der Waals surface area contributed by atoms with Crippen molar-refractivity contribution < 1.29 is 9.84 Å². The number of nitrogens with one attached hydrogen (secondary N) is 1. The van der Waals surface area contributed by atoms with E-state index in [1.807, 2.05) is 0 Å². The van der Waals surface area contributed by atoms with E-state index in [0.717, 1.165) is 32.2 Å². The minimum Gasteiger partial charge on any atom is -0.389 e. The van der Waals surface area contributed by atoms with Crippen LogP contribution >= 0.6 is 0 Å². The Morgan fingerprint density at radius 2 is 1.90 bits per heavy atom. The van der Waals surface area contributed by atoms with Crippen LogP contribution < -0.4 is 5.32 Å². The van der Waals surface area contributed by atoms with E-state index in [4.69, 9.17) is 4.74 Å². The molecule has 0 heterocycles. The number of aliphatic hydroxyl groups is 1. The number of aliphatic hydroxyl groups excluding tert-OH is 1. The fourth-order valence-electron chi connectivity index (χ4n) is 2.93. The van der Waals surface area contributed by atoms with Crippen LogP contribution in [0.1, 0.15) is 52.4 Å². The van der Waals surface area contributed by atoms with Gasteiger partial charge in [-0.2, -0.15) is 0 Å². The molecule has 0 aromatic rings. The van der Waals surface area contributed by atoms with Gasteiger partial charge in [0, 0.05) is 19.2 Å².